The molecule has 0 fully saturated rings. The molecular formula is C14H23N3S. The van der Waals surface area contributed by atoms with E-state index in [4.69, 9.17) is 0 Å². The number of rotatable bonds is 6. The van der Waals surface area contributed by atoms with E-state index < -0.39 is 0 Å². The van der Waals surface area contributed by atoms with Crippen molar-refractivity contribution in [1.29, 1.82) is 0 Å². The number of hydrogen-bond acceptors (Lipinski definition) is 4. The largest absolute Gasteiger partial charge is 0.316 e. The number of aryl methyl sites for hydroxylation is 1. The fourth-order valence-corrected chi connectivity index (χ4v) is 2.88. The fourth-order valence-electron chi connectivity index (χ4n) is 2.48. The molecular weight excluding hydrogens is 242 g/mol. The molecule has 1 aromatic rings. The first-order valence-electron chi connectivity index (χ1n) is 6.86. The number of nitrogens with zero attached hydrogens (tertiary/aromatic N) is 2. The molecule has 3 nitrogen and oxygen atoms in total. The Morgan fingerprint density at radius 2 is 2.39 bits per heavy atom. The van der Waals surface area contributed by atoms with E-state index in [2.05, 4.69) is 34.7 Å². The third kappa shape index (κ3) is 3.69. The van der Waals surface area contributed by atoms with Crippen LogP contribution in [-0.4, -0.2) is 29.3 Å². The summed E-state index contributed by atoms with van der Waals surface area (Å²) in [4.78, 5) is 9.14. The van der Waals surface area contributed by atoms with E-state index in [9.17, 15) is 0 Å². The van der Waals surface area contributed by atoms with Crippen molar-refractivity contribution in [2.24, 2.45) is 5.92 Å². The maximum Gasteiger partial charge on any atom is 0.138 e. The third-order valence-corrected chi connectivity index (χ3v) is 3.98. The third-order valence-electron chi connectivity index (χ3n) is 3.44. The molecule has 0 amide bonds. The van der Waals surface area contributed by atoms with Gasteiger partial charge in [0.05, 0.1) is 5.75 Å². The molecule has 1 N–H and O–H groups in total. The Morgan fingerprint density at radius 1 is 1.50 bits per heavy atom. The van der Waals surface area contributed by atoms with Crippen LogP contribution in [0.15, 0.2) is 6.20 Å². The summed E-state index contributed by atoms with van der Waals surface area (Å²) in [5.41, 5.74) is 2.66. The van der Waals surface area contributed by atoms with Gasteiger partial charge in [-0.2, -0.15) is 11.8 Å². The van der Waals surface area contributed by atoms with E-state index in [0.29, 0.717) is 0 Å². The fraction of sp³-hybridized carbons (Fsp3) is 0.714. The van der Waals surface area contributed by atoms with Crippen molar-refractivity contribution in [2.75, 3.05) is 19.3 Å². The molecule has 0 aromatic carbocycles. The summed E-state index contributed by atoms with van der Waals surface area (Å²) in [6, 6.07) is 0. The lowest BCUT2D eigenvalue weighted by molar-refractivity contribution is 0.419. The summed E-state index contributed by atoms with van der Waals surface area (Å²) < 4.78 is 0. The SMILES string of the molecule is CCCNCC1CCc2nc(CSC)ncc2C1. The van der Waals surface area contributed by atoms with E-state index in [1.807, 2.05) is 0 Å². The Bertz CT molecular complexity index is 381. The van der Waals surface area contributed by atoms with Gasteiger partial charge < -0.3 is 5.32 Å². The second-order valence-corrected chi connectivity index (χ2v) is 5.87. The average Bonchev–Trinajstić information content (AvgIpc) is 2.39. The molecule has 0 saturated carbocycles. The minimum absolute atomic E-state index is 0.763. The summed E-state index contributed by atoms with van der Waals surface area (Å²) in [6.45, 7) is 4.48. The number of fused-ring (bicyclic) bond motifs is 1. The van der Waals surface area contributed by atoms with Crippen LogP contribution in [0.1, 0.15) is 36.8 Å². The standard InChI is InChI=1S/C14H23N3S/c1-3-6-15-8-11-4-5-13-12(7-11)9-16-14(17-13)10-18-2/h9,11,15H,3-8,10H2,1-2H3. The van der Waals surface area contributed by atoms with Crippen molar-refractivity contribution in [2.45, 2.75) is 38.4 Å². The predicted molar refractivity (Wildman–Crippen MR) is 77.9 cm³/mol. The Labute approximate surface area is 114 Å². The Kier molecular flexibility index (Phi) is 5.45. The van der Waals surface area contributed by atoms with Gasteiger partial charge in [0.2, 0.25) is 0 Å². The highest BCUT2D eigenvalue weighted by Crippen LogP contribution is 2.23. The van der Waals surface area contributed by atoms with Crippen molar-refractivity contribution in [1.82, 2.24) is 15.3 Å². The first-order chi connectivity index (χ1) is 8.83. The van der Waals surface area contributed by atoms with E-state index in [0.717, 1.165) is 43.4 Å². The maximum absolute atomic E-state index is 4.68. The highest BCUT2D eigenvalue weighted by molar-refractivity contribution is 7.97. The molecule has 1 aromatic heterocycles. The van der Waals surface area contributed by atoms with Crippen LogP contribution in [0.3, 0.4) is 0 Å². The van der Waals surface area contributed by atoms with E-state index in [-0.39, 0.29) is 0 Å². The molecule has 1 aliphatic carbocycles. The topological polar surface area (TPSA) is 37.8 Å². The molecule has 0 saturated heterocycles. The highest BCUT2D eigenvalue weighted by atomic mass is 32.2. The van der Waals surface area contributed by atoms with Crippen LogP contribution in [0.2, 0.25) is 0 Å². The van der Waals surface area contributed by atoms with Crippen molar-refractivity contribution < 1.29 is 0 Å². The average molecular weight is 265 g/mol. The molecule has 0 aliphatic heterocycles. The number of thioether (sulfide) groups is 1. The zero-order valence-electron chi connectivity index (χ0n) is 11.4. The molecule has 4 heteroatoms. The van der Waals surface area contributed by atoms with Gasteiger partial charge in [0.1, 0.15) is 5.82 Å². The molecule has 1 unspecified atom stereocenters. The Hall–Kier alpha value is -0.610. The molecule has 18 heavy (non-hydrogen) atoms. The van der Waals surface area contributed by atoms with Gasteiger partial charge in [0.25, 0.3) is 0 Å². The molecule has 0 spiro atoms. The molecule has 2 rings (SSSR count). The zero-order valence-corrected chi connectivity index (χ0v) is 12.2. The van der Waals surface area contributed by atoms with Gasteiger partial charge in [0, 0.05) is 11.9 Å². The monoisotopic (exact) mass is 265 g/mol. The van der Waals surface area contributed by atoms with Crippen LogP contribution in [0.5, 0.6) is 0 Å². The lowest BCUT2D eigenvalue weighted by Crippen LogP contribution is -2.28. The van der Waals surface area contributed by atoms with Gasteiger partial charge in [-0.3, -0.25) is 0 Å². The minimum atomic E-state index is 0.763. The summed E-state index contributed by atoms with van der Waals surface area (Å²) in [5.74, 6) is 2.68. The van der Waals surface area contributed by atoms with Crippen molar-refractivity contribution in [3.63, 3.8) is 0 Å². The van der Waals surface area contributed by atoms with Gasteiger partial charge in [-0.15, -0.1) is 0 Å². The van der Waals surface area contributed by atoms with Crippen molar-refractivity contribution in [3.8, 4) is 0 Å². The lowest BCUT2D eigenvalue weighted by Gasteiger charge is -2.24. The van der Waals surface area contributed by atoms with Gasteiger partial charge in [0.15, 0.2) is 0 Å². The van der Waals surface area contributed by atoms with E-state index >= 15 is 0 Å². The summed E-state index contributed by atoms with van der Waals surface area (Å²) in [6.07, 6.45) is 8.89. The summed E-state index contributed by atoms with van der Waals surface area (Å²) in [7, 11) is 0. The number of nitrogens with one attached hydrogen (secondary N) is 1. The van der Waals surface area contributed by atoms with Crippen LogP contribution in [0, 0.1) is 5.92 Å². The zero-order chi connectivity index (χ0) is 12.8. The van der Waals surface area contributed by atoms with Gasteiger partial charge in [-0.1, -0.05) is 6.92 Å². The van der Waals surface area contributed by atoms with Crippen LogP contribution < -0.4 is 5.32 Å². The van der Waals surface area contributed by atoms with E-state index in [1.54, 1.807) is 11.8 Å². The maximum atomic E-state index is 4.68. The van der Waals surface area contributed by atoms with Crippen LogP contribution in [-0.2, 0) is 18.6 Å². The molecule has 1 atom stereocenters. The lowest BCUT2D eigenvalue weighted by atomic mass is 9.87. The number of hydrogen-bond donors (Lipinski definition) is 1. The first-order valence-corrected chi connectivity index (χ1v) is 8.26. The first kappa shape index (κ1) is 13.8. The Balaban J connectivity index is 1.93. The molecule has 100 valence electrons. The molecule has 0 radical (unpaired) electrons. The molecule has 1 heterocycles. The van der Waals surface area contributed by atoms with Crippen LogP contribution >= 0.6 is 11.8 Å². The predicted octanol–water partition coefficient (Wildman–Crippen LogP) is 2.44. The quantitative estimate of drug-likeness (QED) is 0.802. The second-order valence-electron chi connectivity index (χ2n) is 5.00. The smallest absolute Gasteiger partial charge is 0.138 e. The minimum Gasteiger partial charge on any atom is -0.316 e. The highest BCUT2D eigenvalue weighted by Gasteiger charge is 2.20. The van der Waals surface area contributed by atoms with Crippen LogP contribution in [0.4, 0.5) is 0 Å². The second kappa shape index (κ2) is 7.10. The van der Waals surface area contributed by atoms with E-state index in [1.165, 1.54) is 24.1 Å². The molecule has 1 aliphatic rings. The van der Waals surface area contributed by atoms with Gasteiger partial charge in [-0.05, 0) is 56.5 Å². The normalized spacial score (nSPS) is 18.7. The summed E-state index contributed by atoms with van der Waals surface area (Å²) >= 11 is 1.78. The summed E-state index contributed by atoms with van der Waals surface area (Å²) in [5, 5.41) is 3.52. The number of aromatic nitrogens is 2. The van der Waals surface area contributed by atoms with Crippen LogP contribution in [0.25, 0.3) is 0 Å². The Morgan fingerprint density at radius 3 is 3.17 bits per heavy atom. The van der Waals surface area contributed by atoms with Gasteiger partial charge in [-0.25, -0.2) is 9.97 Å². The van der Waals surface area contributed by atoms with Gasteiger partial charge >= 0.3 is 0 Å². The molecule has 0 bridgehead atoms. The van der Waals surface area contributed by atoms with Crippen molar-refractivity contribution in [3.05, 3.63) is 23.3 Å². The van der Waals surface area contributed by atoms with Crippen molar-refractivity contribution >= 4 is 11.8 Å².